The maximum absolute atomic E-state index is 5.38. The van der Waals surface area contributed by atoms with Crippen LogP contribution in [0, 0.1) is 6.92 Å². The SMILES string of the molecule is Cc1cc(NCc2ccc3c(c2)OCO3)n2ncnc2n1. The molecule has 1 aromatic carbocycles. The lowest BCUT2D eigenvalue weighted by Gasteiger charge is -2.09. The quantitative estimate of drug-likeness (QED) is 0.789. The lowest BCUT2D eigenvalue weighted by molar-refractivity contribution is 0.174. The first-order valence-corrected chi connectivity index (χ1v) is 6.59. The molecule has 0 unspecified atom stereocenters. The number of hydrogen-bond acceptors (Lipinski definition) is 6. The molecule has 0 bridgehead atoms. The van der Waals surface area contributed by atoms with Crippen LogP contribution in [0.1, 0.15) is 11.3 Å². The highest BCUT2D eigenvalue weighted by molar-refractivity contribution is 5.48. The van der Waals surface area contributed by atoms with Crippen molar-refractivity contribution >= 4 is 11.6 Å². The molecule has 0 saturated carbocycles. The number of aromatic nitrogens is 4. The second-order valence-corrected chi connectivity index (χ2v) is 4.80. The molecule has 0 spiro atoms. The zero-order valence-corrected chi connectivity index (χ0v) is 11.4. The van der Waals surface area contributed by atoms with Gasteiger partial charge in [-0.05, 0) is 24.6 Å². The number of nitrogens with zero attached hydrogens (tertiary/aromatic N) is 4. The smallest absolute Gasteiger partial charge is 0.254 e. The minimum Gasteiger partial charge on any atom is -0.454 e. The Morgan fingerprint density at radius 2 is 2.14 bits per heavy atom. The van der Waals surface area contributed by atoms with Gasteiger partial charge in [-0.3, -0.25) is 0 Å². The fourth-order valence-corrected chi connectivity index (χ4v) is 2.30. The summed E-state index contributed by atoms with van der Waals surface area (Å²) in [5.41, 5.74) is 1.99. The molecule has 7 nitrogen and oxygen atoms in total. The highest BCUT2D eigenvalue weighted by atomic mass is 16.7. The highest BCUT2D eigenvalue weighted by Crippen LogP contribution is 2.32. The second kappa shape index (κ2) is 4.62. The first-order chi connectivity index (χ1) is 10.3. The summed E-state index contributed by atoms with van der Waals surface area (Å²) in [5.74, 6) is 3.01. The Kier molecular flexibility index (Phi) is 2.63. The average molecular weight is 283 g/mol. The van der Waals surface area contributed by atoms with E-state index in [1.165, 1.54) is 6.33 Å². The molecule has 3 aromatic rings. The normalized spacial score (nSPS) is 12.8. The van der Waals surface area contributed by atoms with E-state index in [1.807, 2.05) is 31.2 Å². The van der Waals surface area contributed by atoms with Crippen LogP contribution in [0.5, 0.6) is 11.5 Å². The van der Waals surface area contributed by atoms with Crippen LogP contribution in [0.3, 0.4) is 0 Å². The van der Waals surface area contributed by atoms with Gasteiger partial charge in [0.2, 0.25) is 6.79 Å². The minimum absolute atomic E-state index is 0.287. The van der Waals surface area contributed by atoms with Crippen molar-refractivity contribution in [3.63, 3.8) is 0 Å². The lowest BCUT2D eigenvalue weighted by atomic mass is 10.2. The fraction of sp³-hybridized carbons (Fsp3) is 0.214. The lowest BCUT2D eigenvalue weighted by Crippen LogP contribution is -2.06. The molecule has 106 valence electrons. The van der Waals surface area contributed by atoms with E-state index < -0.39 is 0 Å². The summed E-state index contributed by atoms with van der Waals surface area (Å²) in [6.45, 7) is 2.87. The standard InChI is InChI=1S/C14H13N5O2/c1-9-4-13(19-14(18-9)16-7-17-19)15-6-10-2-3-11-12(5-10)21-8-20-11/h2-5,7,15H,6,8H2,1H3. The van der Waals surface area contributed by atoms with Crippen molar-refractivity contribution in [1.82, 2.24) is 19.6 Å². The van der Waals surface area contributed by atoms with Crippen molar-refractivity contribution in [2.45, 2.75) is 13.5 Å². The number of fused-ring (bicyclic) bond motifs is 2. The van der Waals surface area contributed by atoms with Gasteiger partial charge in [0.1, 0.15) is 12.1 Å². The summed E-state index contributed by atoms with van der Waals surface area (Å²) in [7, 11) is 0. The van der Waals surface area contributed by atoms with Crippen LogP contribution in [0.15, 0.2) is 30.6 Å². The Bertz CT molecular complexity index is 814. The van der Waals surface area contributed by atoms with E-state index in [2.05, 4.69) is 20.4 Å². The Hall–Kier alpha value is -2.83. The van der Waals surface area contributed by atoms with E-state index in [4.69, 9.17) is 9.47 Å². The van der Waals surface area contributed by atoms with E-state index in [1.54, 1.807) is 4.52 Å². The van der Waals surface area contributed by atoms with E-state index >= 15 is 0 Å². The molecule has 3 heterocycles. The van der Waals surface area contributed by atoms with Crippen LogP contribution in [0.25, 0.3) is 5.78 Å². The Labute approximate surface area is 120 Å². The van der Waals surface area contributed by atoms with E-state index in [-0.39, 0.29) is 6.79 Å². The molecule has 0 atom stereocenters. The Morgan fingerprint density at radius 1 is 1.24 bits per heavy atom. The molecular formula is C14H13N5O2. The first kappa shape index (κ1) is 12.0. The van der Waals surface area contributed by atoms with Crippen molar-refractivity contribution in [3.8, 4) is 11.5 Å². The highest BCUT2D eigenvalue weighted by Gasteiger charge is 2.13. The third-order valence-corrected chi connectivity index (χ3v) is 3.29. The minimum atomic E-state index is 0.287. The van der Waals surface area contributed by atoms with E-state index in [0.29, 0.717) is 12.3 Å². The van der Waals surface area contributed by atoms with Gasteiger partial charge in [0.25, 0.3) is 5.78 Å². The molecule has 1 aliphatic heterocycles. The predicted octanol–water partition coefficient (Wildman–Crippen LogP) is 1.77. The van der Waals surface area contributed by atoms with Gasteiger partial charge in [0.05, 0.1) is 0 Å². The summed E-state index contributed by atoms with van der Waals surface area (Å²) >= 11 is 0. The van der Waals surface area contributed by atoms with Gasteiger partial charge in [-0.1, -0.05) is 6.07 Å². The first-order valence-electron chi connectivity index (χ1n) is 6.59. The number of aryl methyl sites for hydroxylation is 1. The molecule has 1 N–H and O–H groups in total. The number of nitrogens with one attached hydrogen (secondary N) is 1. The van der Waals surface area contributed by atoms with Crippen LogP contribution >= 0.6 is 0 Å². The van der Waals surface area contributed by atoms with Crippen LogP contribution < -0.4 is 14.8 Å². The molecule has 2 aromatic heterocycles. The molecular weight excluding hydrogens is 270 g/mol. The van der Waals surface area contributed by atoms with Crippen LogP contribution in [-0.4, -0.2) is 26.4 Å². The number of hydrogen-bond donors (Lipinski definition) is 1. The predicted molar refractivity (Wildman–Crippen MR) is 75.4 cm³/mol. The number of rotatable bonds is 3. The number of anilines is 1. The molecule has 1 aliphatic rings. The van der Waals surface area contributed by atoms with Crippen LogP contribution in [0.4, 0.5) is 5.82 Å². The third kappa shape index (κ3) is 2.12. The van der Waals surface area contributed by atoms with Crippen LogP contribution in [0.2, 0.25) is 0 Å². The topological polar surface area (TPSA) is 73.6 Å². The van der Waals surface area contributed by atoms with E-state index in [9.17, 15) is 0 Å². The Morgan fingerprint density at radius 3 is 3.10 bits per heavy atom. The molecule has 0 amide bonds. The van der Waals surface area contributed by atoms with Gasteiger partial charge < -0.3 is 14.8 Å². The summed E-state index contributed by atoms with van der Waals surface area (Å²) in [6.07, 6.45) is 1.49. The number of ether oxygens (including phenoxy) is 2. The zero-order chi connectivity index (χ0) is 14.2. The molecule has 21 heavy (non-hydrogen) atoms. The second-order valence-electron chi connectivity index (χ2n) is 4.80. The summed E-state index contributed by atoms with van der Waals surface area (Å²) in [6, 6.07) is 7.84. The van der Waals surface area contributed by atoms with Crippen molar-refractivity contribution in [1.29, 1.82) is 0 Å². The summed E-state index contributed by atoms with van der Waals surface area (Å²) < 4.78 is 12.4. The van der Waals surface area contributed by atoms with Crippen molar-refractivity contribution < 1.29 is 9.47 Å². The summed E-state index contributed by atoms with van der Waals surface area (Å²) in [5, 5.41) is 7.51. The maximum atomic E-state index is 5.38. The monoisotopic (exact) mass is 283 g/mol. The van der Waals surface area contributed by atoms with Gasteiger partial charge >= 0.3 is 0 Å². The maximum Gasteiger partial charge on any atom is 0.254 e. The Balaban J connectivity index is 1.59. The van der Waals surface area contributed by atoms with E-state index in [0.717, 1.165) is 28.6 Å². The molecule has 0 saturated heterocycles. The number of benzene rings is 1. The summed E-state index contributed by atoms with van der Waals surface area (Å²) in [4.78, 5) is 8.42. The molecule has 7 heteroatoms. The zero-order valence-electron chi connectivity index (χ0n) is 11.4. The third-order valence-electron chi connectivity index (χ3n) is 3.29. The molecule has 0 radical (unpaired) electrons. The van der Waals surface area contributed by atoms with Gasteiger partial charge in [-0.15, -0.1) is 0 Å². The van der Waals surface area contributed by atoms with Gasteiger partial charge in [-0.2, -0.15) is 14.6 Å². The molecule has 0 fully saturated rings. The van der Waals surface area contributed by atoms with Gasteiger partial charge in [0.15, 0.2) is 11.5 Å². The van der Waals surface area contributed by atoms with Gasteiger partial charge in [0, 0.05) is 18.3 Å². The van der Waals surface area contributed by atoms with Crippen molar-refractivity contribution in [2.75, 3.05) is 12.1 Å². The van der Waals surface area contributed by atoms with Gasteiger partial charge in [-0.25, -0.2) is 4.98 Å². The average Bonchev–Trinajstić information content (AvgIpc) is 3.12. The van der Waals surface area contributed by atoms with Crippen LogP contribution in [-0.2, 0) is 6.54 Å². The molecule has 4 rings (SSSR count). The van der Waals surface area contributed by atoms with Crippen molar-refractivity contribution in [3.05, 3.63) is 41.9 Å². The molecule has 0 aliphatic carbocycles. The van der Waals surface area contributed by atoms with Crippen molar-refractivity contribution in [2.24, 2.45) is 0 Å². The largest absolute Gasteiger partial charge is 0.454 e. The fourth-order valence-electron chi connectivity index (χ4n) is 2.30.